The summed E-state index contributed by atoms with van der Waals surface area (Å²) in [5.74, 6) is 0.0548. The number of ketones is 1. The third kappa shape index (κ3) is 5.61. The minimum atomic E-state index is 0.0548. The van der Waals surface area contributed by atoms with E-state index in [-0.39, 0.29) is 11.8 Å². The Bertz CT molecular complexity index is 163. The lowest BCUT2D eigenvalue weighted by Crippen LogP contribution is -2.31. The minimum Gasteiger partial charge on any atom is -0.385 e. The fourth-order valence-electron chi connectivity index (χ4n) is 0.794. The monoisotopic (exact) mass is 156 g/mol. The average Bonchev–Trinajstić information content (AvgIpc) is 1.85. The fraction of sp³-hybridized carbons (Fsp3) is 0.625. The summed E-state index contributed by atoms with van der Waals surface area (Å²) in [5.41, 5.74) is 6.25. The molecule has 3 heteroatoms. The molecule has 0 amide bonds. The van der Waals surface area contributed by atoms with Crippen molar-refractivity contribution in [3.05, 3.63) is 11.8 Å². The van der Waals surface area contributed by atoms with E-state index in [1.54, 1.807) is 6.08 Å². The van der Waals surface area contributed by atoms with Crippen LogP contribution in [0.15, 0.2) is 11.8 Å². The Balaban J connectivity index is 3.85. The van der Waals surface area contributed by atoms with E-state index >= 15 is 0 Å². The molecule has 0 aromatic rings. The molecule has 64 valence electrons. The molecular formula is C8H16N2O. The van der Waals surface area contributed by atoms with Gasteiger partial charge in [0.2, 0.25) is 0 Å². The number of allylic oxidation sites excluding steroid dienone is 2. The molecule has 0 bridgehead atoms. The van der Waals surface area contributed by atoms with Crippen LogP contribution in [0.25, 0.3) is 0 Å². The van der Waals surface area contributed by atoms with Gasteiger partial charge in [-0.05, 0) is 26.8 Å². The molecule has 11 heavy (non-hydrogen) atoms. The highest BCUT2D eigenvalue weighted by atomic mass is 16.1. The van der Waals surface area contributed by atoms with Crippen molar-refractivity contribution in [1.82, 2.24) is 5.32 Å². The lowest BCUT2D eigenvalue weighted by molar-refractivity contribution is -0.112. The summed E-state index contributed by atoms with van der Waals surface area (Å²) in [6, 6.07) is 0.227. The number of nitrogens with two attached hydrogens (primary N) is 1. The van der Waals surface area contributed by atoms with E-state index in [0.717, 1.165) is 5.70 Å². The fourth-order valence-corrected chi connectivity index (χ4v) is 0.794. The Hall–Kier alpha value is -0.830. The lowest BCUT2D eigenvalue weighted by Gasteiger charge is -2.12. The van der Waals surface area contributed by atoms with Crippen molar-refractivity contribution in [2.45, 2.75) is 26.8 Å². The van der Waals surface area contributed by atoms with Crippen LogP contribution in [-0.2, 0) is 4.79 Å². The number of hydrogen-bond donors (Lipinski definition) is 2. The molecule has 0 radical (unpaired) electrons. The predicted octanol–water partition coefficient (Wildman–Crippen LogP) is 0.416. The highest BCUT2D eigenvalue weighted by Crippen LogP contribution is 1.89. The second kappa shape index (κ2) is 4.91. The van der Waals surface area contributed by atoms with Gasteiger partial charge in [-0.1, -0.05) is 0 Å². The van der Waals surface area contributed by atoms with Crippen LogP contribution in [-0.4, -0.2) is 18.4 Å². The van der Waals surface area contributed by atoms with E-state index in [1.807, 2.05) is 13.8 Å². The normalized spacial score (nSPS) is 14.4. The first-order valence-corrected chi connectivity index (χ1v) is 3.71. The van der Waals surface area contributed by atoms with E-state index in [0.29, 0.717) is 6.54 Å². The Labute approximate surface area is 67.7 Å². The van der Waals surface area contributed by atoms with Crippen LogP contribution in [0.5, 0.6) is 0 Å². The van der Waals surface area contributed by atoms with Gasteiger partial charge in [0.1, 0.15) is 0 Å². The van der Waals surface area contributed by atoms with Crippen molar-refractivity contribution in [2.24, 2.45) is 5.73 Å². The second-order valence-electron chi connectivity index (χ2n) is 2.72. The van der Waals surface area contributed by atoms with Gasteiger partial charge in [0.25, 0.3) is 0 Å². The zero-order valence-electron chi connectivity index (χ0n) is 7.35. The maximum atomic E-state index is 10.6. The van der Waals surface area contributed by atoms with Crippen molar-refractivity contribution in [3.8, 4) is 0 Å². The Morgan fingerprint density at radius 3 is 2.55 bits per heavy atom. The van der Waals surface area contributed by atoms with Crippen LogP contribution >= 0.6 is 0 Å². The smallest absolute Gasteiger partial charge is 0.154 e. The Morgan fingerprint density at radius 2 is 2.18 bits per heavy atom. The van der Waals surface area contributed by atoms with Gasteiger partial charge in [0.15, 0.2) is 5.78 Å². The van der Waals surface area contributed by atoms with Gasteiger partial charge in [0, 0.05) is 18.3 Å². The molecule has 0 rings (SSSR count). The van der Waals surface area contributed by atoms with Gasteiger partial charge in [-0.2, -0.15) is 0 Å². The molecule has 0 aromatic carbocycles. The topological polar surface area (TPSA) is 55.1 Å². The number of carbonyl (C=O) groups excluding carboxylic acids is 1. The van der Waals surface area contributed by atoms with Crippen LogP contribution in [0.4, 0.5) is 0 Å². The van der Waals surface area contributed by atoms with Crippen molar-refractivity contribution in [3.63, 3.8) is 0 Å². The molecule has 0 aliphatic carbocycles. The molecule has 0 saturated heterocycles. The van der Waals surface area contributed by atoms with E-state index in [1.165, 1.54) is 6.92 Å². The molecule has 0 fully saturated rings. The highest BCUT2D eigenvalue weighted by Gasteiger charge is 1.97. The van der Waals surface area contributed by atoms with Crippen LogP contribution in [0.1, 0.15) is 20.8 Å². The Morgan fingerprint density at radius 1 is 1.64 bits per heavy atom. The van der Waals surface area contributed by atoms with Crippen LogP contribution in [0.3, 0.4) is 0 Å². The molecule has 3 N–H and O–H groups in total. The average molecular weight is 156 g/mol. The quantitative estimate of drug-likeness (QED) is 0.580. The summed E-state index contributed by atoms with van der Waals surface area (Å²) < 4.78 is 0. The lowest BCUT2D eigenvalue weighted by atomic mass is 10.3. The molecule has 0 saturated carbocycles. The summed E-state index contributed by atoms with van der Waals surface area (Å²) in [5, 5.41) is 3.08. The van der Waals surface area contributed by atoms with Crippen molar-refractivity contribution < 1.29 is 4.79 Å². The predicted molar refractivity (Wildman–Crippen MR) is 46.1 cm³/mol. The van der Waals surface area contributed by atoms with Gasteiger partial charge < -0.3 is 11.1 Å². The van der Waals surface area contributed by atoms with Crippen LogP contribution in [0.2, 0.25) is 0 Å². The van der Waals surface area contributed by atoms with E-state index in [2.05, 4.69) is 5.32 Å². The van der Waals surface area contributed by atoms with Crippen molar-refractivity contribution >= 4 is 5.78 Å². The molecule has 1 unspecified atom stereocenters. The first kappa shape index (κ1) is 10.2. The van der Waals surface area contributed by atoms with Gasteiger partial charge in [-0.3, -0.25) is 4.79 Å². The minimum absolute atomic E-state index is 0.0548. The molecule has 0 aliphatic rings. The number of carbonyl (C=O) groups is 1. The zero-order chi connectivity index (χ0) is 8.85. The van der Waals surface area contributed by atoms with Gasteiger partial charge in [-0.25, -0.2) is 0 Å². The van der Waals surface area contributed by atoms with Gasteiger partial charge in [0.05, 0.1) is 0 Å². The molecule has 3 nitrogen and oxygen atoms in total. The largest absolute Gasteiger partial charge is 0.385 e. The summed E-state index contributed by atoms with van der Waals surface area (Å²) in [6.07, 6.45) is 1.56. The first-order chi connectivity index (χ1) is 5.06. The maximum absolute atomic E-state index is 10.6. The Kier molecular flexibility index (Phi) is 4.54. The molecule has 0 aliphatic heterocycles. The van der Waals surface area contributed by atoms with E-state index in [4.69, 9.17) is 5.73 Å². The third-order valence-electron chi connectivity index (χ3n) is 1.25. The molecule has 0 spiro atoms. The molecule has 0 aromatic heterocycles. The SMILES string of the molecule is CC(=O)/C=C(\C)NC(C)CN. The first-order valence-electron chi connectivity index (χ1n) is 3.71. The van der Waals surface area contributed by atoms with Crippen LogP contribution < -0.4 is 11.1 Å². The summed E-state index contributed by atoms with van der Waals surface area (Å²) >= 11 is 0. The zero-order valence-corrected chi connectivity index (χ0v) is 7.35. The standard InChI is InChI=1S/C8H16N2O/c1-6(4-8(3)11)10-7(2)5-9/h4,7,10H,5,9H2,1-3H3/b6-4+. The van der Waals surface area contributed by atoms with Crippen LogP contribution in [0, 0.1) is 0 Å². The van der Waals surface area contributed by atoms with E-state index in [9.17, 15) is 4.79 Å². The summed E-state index contributed by atoms with van der Waals surface area (Å²) in [6.45, 7) is 5.92. The molecule has 0 heterocycles. The second-order valence-corrected chi connectivity index (χ2v) is 2.72. The highest BCUT2D eigenvalue weighted by molar-refractivity contribution is 5.87. The number of rotatable bonds is 4. The van der Waals surface area contributed by atoms with Gasteiger partial charge >= 0.3 is 0 Å². The van der Waals surface area contributed by atoms with Crippen molar-refractivity contribution in [2.75, 3.05) is 6.54 Å². The van der Waals surface area contributed by atoms with Gasteiger partial charge in [-0.15, -0.1) is 0 Å². The van der Waals surface area contributed by atoms with Crippen molar-refractivity contribution in [1.29, 1.82) is 0 Å². The molecule has 1 atom stereocenters. The van der Waals surface area contributed by atoms with E-state index < -0.39 is 0 Å². The number of hydrogen-bond acceptors (Lipinski definition) is 3. The molecular weight excluding hydrogens is 140 g/mol. The maximum Gasteiger partial charge on any atom is 0.154 e. The summed E-state index contributed by atoms with van der Waals surface area (Å²) in [7, 11) is 0. The number of nitrogens with one attached hydrogen (secondary N) is 1. The third-order valence-corrected chi connectivity index (χ3v) is 1.25. The summed E-state index contributed by atoms with van der Waals surface area (Å²) in [4.78, 5) is 10.6.